The van der Waals surface area contributed by atoms with Gasteiger partial charge in [0.05, 0.1) is 24.8 Å². The van der Waals surface area contributed by atoms with Crippen LogP contribution >= 0.6 is 0 Å². The molecular formula is C13H20N2O2. The van der Waals surface area contributed by atoms with Gasteiger partial charge < -0.3 is 9.47 Å². The predicted octanol–water partition coefficient (Wildman–Crippen LogP) is 2.68. The van der Waals surface area contributed by atoms with Crippen LogP contribution in [-0.4, -0.2) is 30.6 Å². The number of ether oxygens (including phenoxy) is 2. The molecule has 94 valence electrons. The van der Waals surface area contributed by atoms with E-state index < -0.39 is 0 Å². The lowest BCUT2D eigenvalue weighted by atomic mass is 9.62. The third kappa shape index (κ3) is 1.16. The molecule has 2 bridgehead atoms. The fourth-order valence-electron chi connectivity index (χ4n) is 4.55. The Kier molecular flexibility index (Phi) is 1.90. The van der Waals surface area contributed by atoms with Gasteiger partial charge in [-0.05, 0) is 32.6 Å². The van der Waals surface area contributed by atoms with Crippen LogP contribution in [0.1, 0.15) is 45.4 Å². The van der Waals surface area contributed by atoms with Gasteiger partial charge in [-0.3, -0.25) is 0 Å². The molecule has 4 aliphatic rings. The highest BCUT2D eigenvalue weighted by atomic mass is 16.7. The van der Waals surface area contributed by atoms with Crippen LogP contribution in [0.2, 0.25) is 0 Å². The third-order valence-corrected chi connectivity index (χ3v) is 5.75. The second-order valence-corrected chi connectivity index (χ2v) is 6.31. The van der Waals surface area contributed by atoms with Gasteiger partial charge in [0.15, 0.2) is 5.79 Å². The quantitative estimate of drug-likeness (QED) is 0.649. The van der Waals surface area contributed by atoms with Crippen molar-refractivity contribution >= 4 is 0 Å². The van der Waals surface area contributed by atoms with Crippen LogP contribution in [0.25, 0.3) is 0 Å². The molecule has 0 N–H and O–H groups in total. The average molecular weight is 236 g/mol. The van der Waals surface area contributed by atoms with Crippen molar-refractivity contribution in [2.45, 2.75) is 62.8 Å². The van der Waals surface area contributed by atoms with Gasteiger partial charge in [-0.25, -0.2) is 0 Å². The van der Waals surface area contributed by atoms with E-state index in [4.69, 9.17) is 9.47 Å². The number of rotatable bonds is 0. The molecule has 0 aromatic carbocycles. The maximum Gasteiger partial charge on any atom is 0.168 e. The van der Waals surface area contributed by atoms with Gasteiger partial charge in [-0.15, -0.1) is 0 Å². The van der Waals surface area contributed by atoms with Gasteiger partial charge in [0.2, 0.25) is 0 Å². The van der Waals surface area contributed by atoms with Crippen molar-refractivity contribution < 1.29 is 9.47 Å². The topological polar surface area (TPSA) is 43.2 Å². The van der Waals surface area contributed by atoms with Gasteiger partial charge in [0.25, 0.3) is 0 Å². The molecule has 17 heavy (non-hydrogen) atoms. The Bertz CT molecular complexity index is 366. The van der Waals surface area contributed by atoms with E-state index in [1.165, 1.54) is 25.7 Å². The summed E-state index contributed by atoms with van der Waals surface area (Å²) in [5.41, 5.74) is 0.436. The molecule has 0 aromatic rings. The van der Waals surface area contributed by atoms with Gasteiger partial charge in [-0.1, -0.05) is 0 Å². The largest absolute Gasteiger partial charge is 0.348 e. The van der Waals surface area contributed by atoms with Gasteiger partial charge in [0.1, 0.15) is 0 Å². The summed E-state index contributed by atoms with van der Waals surface area (Å²) in [5.74, 6) is -0.246. The molecule has 0 aromatic heterocycles. The van der Waals surface area contributed by atoms with Crippen LogP contribution in [-0.2, 0) is 9.47 Å². The molecular weight excluding hydrogens is 216 g/mol. The number of hydrogen-bond donors (Lipinski definition) is 0. The first kappa shape index (κ1) is 10.4. The molecule has 2 saturated carbocycles. The van der Waals surface area contributed by atoms with Gasteiger partial charge >= 0.3 is 0 Å². The highest BCUT2D eigenvalue weighted by molar-refractivity contribution is 5.18. The average Bonchev–Trinajstić information content (AvgIpc) is 2.96. The molecule has 2 spiro atoms. The zero-order valence-electron chi connectivity index (χ0n) is 10.4. The molecule has 4 nitrogen and oxygen atoms in total. The van der Waals surface area contributed by atoms with Crippen LogP contribution in [0, 0.1) is 5.41 Å². The molecule has 3 fully saturated rings. The van der Waals surface area contributed by atoms with Crippen LogP contribution in [0.4, 0.5) is 0 Å². The molecule has 1 saturated heterocycles. The minimum atomic E-state index is -0.246. The summed E-state index contributed by atoms with van der Waals surface area (Å²) >= 11 is 0. The summed E-state index contributed by atoms with van der Waals surface area (Å²) in [6.07, 6.45) is 6.85. The Balaban J connectivity index is 1.59. The summed E-state index contributed by atoms with van der Waals surface area (Å²) in [4.78, 5) is 0. The molecule has 0 unspecified atom stereocenters. The summed E-state index contributed by atoms with van der Waals surface area (Å²) in [6.45, 7) is 3.84. The fourth-order valence-corrected chi connectivity index (χ4v) is 4.55. The lowest BCUT2D eigenvalue weighted by Gasteiger charge is -2.46. The highest BCUT2D eigenvalue weighted by Crippen LogP contribution is 2.63. The second kappa shape index (κ2) is 3.09. The zero-order chi connectivity index (χ0) is 11.6. The number of azo groups is 1. The SMILES string of the molecule is C[C@]12CC[C@H](N=N1)C21CCC2(CC1)OCCO2. The lowest BCUT2D eigenvalue weighted by Crippen LogP contribution is -2.49. The van der Waals surface area contributed by atoms with Crippen molar-refractivity contribution in [3.05, 3.63) is 0 Å². The molecule has 2 atom stereocenters. The molecule has 4 rings (SSSR count). The molecule has 0 amide bonds. The lowest BCUT2D eigenvalue weighted by molar-refractivity contribution is -0.194. The summed E-state index contributed by atoms with van der Waals surface area (Å²) < 4.78 is 11.6. The minimum Gasteiger partial charge on any atom is -0.348 e. The van der Waals surface area contributed by atoms with Crippen LogP contribution < -0.4 is 0 Å². The van der Waals surface area contributed by atoms with Crippen LogP contribution in [0.15, 0.2) is 10.2 Å². The van der Waals surface area contributed by atoms with E-state index in [9.17, 15) is 0 Å². The van der Waals surface area contributed by atoms with Gasteiger partial charge in [0, 0.05) is 18.3 Å². The number of nitrogens with zero attached hydrogens (tertiary/aromatic N) is 2. The van der Waals surface area contributed by atoms with Crippen molar-refractivity contribution in [2.75, 3.05) is 13.2 Å². The molecule has 0 radical (unpaired) electrons. The summed E-state index contributed by atoms with van der Waals surface area (Å²) in [6, 6.07) is 0.478. The van der Waals surface area contributed by atoms with Crippen LogP contribution in [0.5, 0.6) is 0 Å². The molecule has 2 heterocycles. The maximum atomic E-state index is 5.82. The first-order chi connectivity index (χ1) is 8.18. The maximum absolute atomic E-state index is 5.82. The van der Waals surface area contributed by atoms with Crippen molar-refractivity contribution in [3.63, 3.8) is 0 Å². The minimum absolute atomic E-state index is 0.109. The third-order valence-electron chi connectivity index (χ3n) is 5.75. The Labute approximate surface area is 102 Å². The Morgan fingerprint density at radius 1 is 1.00 bits per heavy atom. The smallest absolute Gasteiger partial charge is 0.168 e. The standard InChI is InChI=1S/C13H20N2O2/c1-11-3-2-10(14-15-11)12(11)4-6-13(7-5-12)16-8-9-17-13/h10H,2-9H2,1H3/t10-,11+/m0/s1. The molecule has 4 heteroatoms. The molecule has 2 aliphatic heterocycles. The summed E-state index contributed by atoms with van der Waals surface area (Å²) in [7, 11) is 0. The highest BCUT2D eigenvalue weighted by Gasteiger charge is 2.64. The first-order valence-corrected chi connectivity index (χ1v) is 6.88. The number of hydrogen-bond acceptors (Lipinski definition) is 4. The van der Waals surface area contributed by atoms with Crippen molar-refractivity contribution in [1.82, 2.24) is 0 Å². The monoisotopic (exact) mass is 236 g/mol. The van der Waals surface area contributed by atoms with Crippen molar-refractivity contribution in [3.8, 4) is 0 Å². The second-order valence-electron chi connectivity index (χ2n) is 6.31. The summed E-state index contributed by atoms with van der Waals surface area (Å²) in [5, 5.41) is 9.08. The fraction of sp³-hybridized carbons (Fsp3) is 1.00. The zero-order valence-corrected chi connectivity index (χ0v) is 10.4. The Hall–Kier alpha value is -0.480. The van der Waals surface area contributed by atoms with Gasteiger partial charge in [-0.2, -0.15) is 10.2 Å². The molecule has 2 aliphatic carbocycles. The van der Waals surface area contributed by atoms with E-state index in [1.54, 1.807) is 0 Å². The normalized spacial score (nSPS) is 45.1. The van der Waals surface area contributed by atoms with Crippen molar-refractivity contribution in [1.29, 1.82) is 0 Å². The van der Waals surface area contributed by atoms with Crippen LogP contribution in [0.3, 0.4) is 0 Å². The first-order valence-electron chi connectivity index (χ1n) is 6.88. The predicted molar refractivity (Wildman–Crippen MR) is 61.8 cm³/mol. The van der Waals surface area contributed by atoms with E-state index in [1.807, 2.05) is 0 Å². The van der Waals surface area contributed by atoms with Crippen molar-refractivity contribution in [2.24, 2.45) is 15.6 Å². The van der Waals surface area contributed by atoms with E-state index in [2.05, 4.69) is 17.2 Å². The van der Waals surface area contributed by atoms with E-state index in [-0.39, 0.29) is 11.3 Å². The van der Waals surface area contributed by atoms with E-state index >= 15 is 0 Å². The Morgan fingerprint density at radius 3 is 2.18 bits per heavy atom. The Morgan fingerprint density at radius 2 is 1.71 bits per heavy atom. The van der Waals surface area contributed by atoms with E-state index in [0.29, 0.717) is 11.5 Å². The van der Waals surface area contributed by atoms with E-state index in [0.717, 1.165) is 26.1 Å².